The molecule has 0 aliphatic rings. The quantitative estimate of drug-likeness (QED) is 0.759. The number of anilines is 1. The number of rotatable bonds is 7. The highest BCUT2D eigenvalue weighted by atomic mass is 16.5. The van der Waals surface area contributed by atoms with Gasteiger partial charge < -0.3 is 15.4 Å². The molecular weight excluding hydrogens is 280 g/mol. The topological polar surface area (TPSA) is 76.1 Å². The number of ether oxygens (including phenoxy) is 1. The van der Waals surface area contributed by atoms with Gasteiger partial charge in [-0.05, 0) is 36.8 Å². The first-order chi connectivity index (χ1) is 10.7. The molecular formula is C16H20N4O2. The standard InChI is InChI=1S/C16H20N4O2/c1-12-3-8-15(20-19-12)17-9-10-18-16(21)11-13-4-6-14(22-2)7-5-13/h3-8H,9-11H2,1-2H3,(H,17,20)(H,18,21). The monoisotopic (exact) mass is 300 g/mol. The van der Waals surface area contributed by atoms with Crippen LogP contribution in [0.5, 0.6) is 5.75 Å². The van der Waals surface area contributed by atoms with Crippen LogP contribution < -0.4 is 15.4 Å². The molecule has 0 aliphatic heterocycles. The van der Waals surface area contributed by atoms with Crippen LogP contribution in [-0.2, 0) is 11.2 Å². The fourth-order valence-corrected chi connectivity index (χ4v) is 1.88. The minimum Gasteiger partial charge on any atom is -0.497 e. The van der Waals surface area contributed by atoms with Crippen molar-refractivity contribution in [2.45, 2.75) is 13.3 Å². The average Bonchev–Trinajstić information content (AvgIpc) is 2.54. The summed E-state index contributed by atoms with van der Waals surface area (Å²) in [6, 6.07) is 11.2. The number of carbonyl (C=O) groups excluding carboxylic acids is 1. The van der Waals surface area contributed by atoms with E-state index in [1.165, 1.54) is 0 Å². The summed E-state index contributed by atoms with van der Waals surface area (Å²) < 4.78 is 5.08. The Kier molecular flexibility index (Phi) is 5.71. The van der Waals surface area contributed by atoms with Crippen molar-refractivity contribution in [1.29, 1.82) is 0 Å². The predicted octanol–water partition coefficient (Wildman–Crippen LogP) is 1.56. The summed E-state index contributed by atoms with van der Waals surface area (Å²) >= 11 is 0. The van der Waals surface area contributed by atoms with Crippen LogP contribution in [0.4, 0.5) is 5.82 Å². The Morgan fingerprint density at radius 2 is 1.86 bits per heavy atom. The van der Waals surface area contributed by atoms with Crippen LogP contribution in [0.3, 0.4) is 0 Å². The molecule has 0 bridgehead atoms. The van der Waals surface area contributed by atoms with Gasteiger partial charge in [-0.2, -0.15) is 5.10 Å². The highest BCUT2D eigenvalue weighted by Crippen LogP contribution is 2.11. The molecule has 1 aromatic heterocycles. The van der Waals surface area contributed by atoms with Crippen LogP contribution in [0.1, 0.15) is 11.3 Å². The SMILES string of the molecule is COc1ccc(CC(=O)NCCNc2ccc(C)nn2)cc1. The first kappa shape index (κ1) is 15.8. The van der Waals surface area contributed by atoms with Crippen molar-refractivity contribution < 1.29 is 9.53 Å². The largest absolute Gasteiger partial charge is 0.497 e. The van der Waals surface area contributed by atoms with E-state index in [4.69, 9.17) is 4.74 Å². The molecule has 22 heavy (non-hydrogen) atoms. The number of methoxy groups -OCH3 is 1. The molecule has 0 spiro atoms. The second-order valence-electron chi connectivity index (χ2n) is 4.86. The number of hydrogen-bond acceptors (Lipinski definition) is 5. The van der Waals surface area contributed by atoms with Gasteiger partial charge in [0.15, 0.2) is 0 Å². The fourth-order valence-electron chi connectivity index (χ4n) is 1.88. The van der Waals surface area contributed by atoms with E-state index in [-0.39, 0.29) is 5.91 Å². The fraction of sp³-hybridized carbons (Fsp3) is 0.312. The third kappa shape index (κ3) is 5.05. The lowest BCUT2D eigenvalue weighted by atomic mass is 10.1. The summed E-state index contributed by atoms with van der Waals surface area (Å²) in [5.74, 6) is 1.48. The Morgan fingerprint density at radius 1 is 1.09 bits per heavy atom. The number of amides is 1. The van der Waals surface area contributed by atoms with E-state index in [2.05, 4.69) is 20.8 Å². The predicted molar refractivity (Wildman–Crippen MR) is 85.0 cm³/mol. The zero-order chi connectivity index (χ0) is 15.8. The van der Waals surface area contributed by atoms with Crippen LogP contribution in [0, 0.1) is 6.92 Å². The zero-order valence-electron chi connectivity index (χ0n) is 12.8. The highest BCUT2D eigenvalue weighted by Gasteiger charge is 2.03. The van der Waals surface area contributed by atoms with Crippen LogP contribution in [0.15, 0.2) is 36.4 Å². The number of nitrogens with one attached hydrogen (secondary N) is 2. The van der Waals surface area contributed by atoms with Crippen LogP contribution in [0.2, 0.25) is 0 Å². The second-order valence-corrected chi connectivity index (χ2v) is 4.86. The zero-order valence-corrected chi connectivity index (χ0v) is 12.8. The van der Waals surface area contributed by atoms with E-state index in [9.17, 15) is 4.79 Å². The van der Waals surface area contributed by atoms with Gasteiger partial charge in [0.2, 0.25) is 5.91 Å². The number of benzene rings is 1. The van der Waals surface area contributed by atoms with E-state index >= 15 is 0 Å². The molecule has 0 saturated carbocycles. The Bertz CT molecular complexity index is 597. The number of aryl methyl sites for hydroxylation is 1. The second kappa shape index (κ2) is 7.97. The number of hydrogen-bond donors (Lipinski definition) is 2. The molecule has 6 nitrogen and oxygen atoms in total. The lowest BCUT2D eigenvalue weighted by Gasteiger charge is -2.07. The number of carbonyl (C=O) groups is 1. The van der Waals surface area contributed by atoms with E-state index in [1.807, 2.05) is 43.3 Å². The third-order valence-electron chi connectivity index (χ3n) is 3.07. The van der Waals surface area contributed by atoms with E-state index in [0.717, 1.165) is 17.0 Å². The van der Waals surface area contributed by atoms with Crippen molar-refractivity contribution in [2.24, 2.45) is 0 Å². The molecule has 0 unspecified atom stereocenters. The first-order valence-corrected chi connectivity index (χ1v) is 7.11. The Hall–Kier alpha value is -2.63. The van der Waals surface area contributed by atoms with Gasteiger partial charge in [0.25, 0.3) is 0 Å². The van der Waals surface area contributed by atoms with Gasteiger partial charge in [0, 0.05) is 13.1 Å². The van der Waals surface area contributed by atoms with Gasteiger partial charge in [-0.15, -0.1) is 5.10 Å². The molecule has 2 rings (SSSR count). The number of nitrogens with zero attached hydrogens (tertiary/aromatic N) is 2. The average molecular weight is 300 g/mol. The molecule has 1 heterocycles. The van der Waals surface area contributed by atoms with Crippen LogP contribution >= 0.6 is 0 Å². The molecule has 116 valence electrons. The minimum atomic E-state index is -0.0121. The van der Waals surface area contributed by atoms with Crippen molar-refractivity contribution in [3.05, 3.63) is 47.7 Å². The maximum atomic E-state index is 11.8. The Balaban J connectivity index is 1.67. The van der Waals surface area contributed by atoms with Gasteiger partial charge in [-0.3, -0.25) is 4.79 Å². The van der Waals surface area contributed by atoms with E-state index in [0.29, 0.717) is 25.3 Å². The molecule has 2 N–H and O–H groups in total. The summed E-state index contributed by atoms with van der Waals surface area (Å²) in [4.78, 5) is 11.8. The van der Waals surface area contributed by atoms with E-state index < -0.39 is 0 Å². The minimum absolute atomic E-state index is 0.0121. The summed E-state index contributed by atoms with van der Waals surface area (Å²) in [6.45, 7) is 3.02. The molecule has 0 aliphatic carbocycles. The van der Waals surface area contributed by atoms with E-state index in [1.54, 1.807) is 7.11 Å². The Labute approximate surface area is 129 Å². The molecule has 0 fully saturated rings. The maximum absolute atomic E-state index is 11.8. The molecule has 0 radical (unpaired) electrons. The number of aromatic nitrogens is 2. The van der Waals surface area contributed by atoms with Crippen molar-refractivity contribution >= 4 is 11.7 Å². The molecule has 2 aromatic rings. The van der Waals surface area contributed by atoms with Gasteiger partial charge in [-0.25, -0.2) is 0 Å². The smallest absolute Gasteiger partial charge is 0.224 e. The summed E-state index contributed by atoms with van der Waals surface area (Å²) in [5.41, 5.74) is 1.83. The van der Waals surface area contributed by atoms with Gasteiger partial charge in [0.1, 0.15) is 11.6 Å². The molecule has 0 atom stereocenters. The Morgan fingerprint density at radius 3 is 2.50 bits per heavy atom. The lowest BCUT2D eigenvalue weighted by molar-refractivity contribution is -0.120. The molecule has 1 aromatic carbocycles. The van der Waals surface area contributed by atoms with Crippen molar-refractivity contribution in [2.75, 3.05) is 25.5 Å². The maximum Gasteiger partial charge on any atom is 0.224 e. The summed E-state index contributed by atoms with van der Waals surface area (Å²) in [6.07, 6.45) is 0.355. The molecule has 0 saturated heterocycles. The van der Waals surface area contributed by atoms with Gasteiger partial charge in [0.05, 0.1) is 19.2 Å². The van der Waals surface area contributed by atoms with Crippen LogP contribution in [-0.4, -0.2) is 36.3 Å². The summed E-state index contributed by atoms with van der Waals surface area (Å²) in [5, 5.41) is 13.9. The van der Waals surface area contributed by atoms with Crippen LogP contribution in [0.25, 0.3) is 0 Å². The molecule has 6 heteroatoms. The normalized spacial score (nSPS) is 10.1. The summed E-state index contributed by atoms with van der Waals surface area (Å²) in [7, 11) is 1.62. The highest BCUT2D eigenvalue weighted by molar-refractivity contribution is 5.78. The van der Waals surface area contributed by atoms with Crippen molar-refractivity contribution in [3.63, 3.8) is 0 Å². The van der Waals surface area contributed by atoms with Crippen molar-refractivity contribution in [3.8, 4) is 5.75 Å². The molecule has 1 amide bonds. The first-order valence-electron chi connectivity index (χ1n) is 7.11. The third-order valence-corrected chi connectivity index (χ3v) is 3.07. The van der Waals surface area contributed by atoms with Gasteiger partial charge in [-0.1, -0.05) is 12.1 Å². The van der Waals surface area contributed by atoms with Gasteiger partial charge >= 0.3 is 0 Å². The lowest BCUT2D eigenvalue weighted by Crippen LogP contribution is -2.30. The van der Waals surface area contributed by atoms with Crippen molar-refractivity contribution in [1.82, 2.24) is 15.5 Å².